The molecule has 0 spiro atoms. The van der Waals surface area contributed by atoms with E-state index in [2.05, 4.69) is 4.74 Å². The molecule has 0 atom stereocenters. The fourth-order valence-electron chi connectivity index (χ4n) is 1.30. The first-order valence-corrected chi connectivity index (χ1v) is 4.43. The van der Waals surface area contributed by atoms with E-state index in [1.54, 1.807) is 0 Å². The van der Waals surface area contributed by atoms with Gasteiger partial charge in [0.1, 0.15) is 0 Å². The summed E-state index contributed by atoms with van der Waals surface area (Å²) in [5.41, 5.74) is 0.211. The van der Waals surface area contributed by atoms with Gasteiger partial charge < -0.3 is 9.84 Å². The fourth-order valence-corrected chi connectivity index (χ4v) is 1.30. The van der Waals surface area contributed by atoms with Crippen molar-refractivity contribution in [2.24, 2.45) is 0 Å². The molecule has 15 heavy (non-hydrogen) atoms. The van der Waals surface area contributed by atoms with E-state index in [0.717, 1.165) is 6.07 Å². The Kier molecular flexibility index (Phi) is 3.96. The van der Waals surface area contributed by atoms with Gasteiger partial charge in [-0.1, -0.05) is 0 Å². The van der Waals surface area contributed by atoms with Crippen molar-refractivity contribution in [3.05, 3.63) is 29.1 Å². The van der Waals surface area contributed by atoms with Crippen molar-refractivity contribution in [3.8, 4) is 5.75 Å². The molecule has 0 amide bonds. The summed E-state index contributed by atoms with van der Waals surface area (Å²) in [6.07, 6.45) is 0.564. The van der Waals surface area contributed by atoms with Crippen LogP contribution in [0.2, 0.25) is 0 Å². The minimum Gasteiger partial charge on any atom is -0.493 e. The molecule has 1 N–H and O–H groups in total. The summed E-state index contributed by atoms with van der Waals surface area (Å²) in [7, 11) is 1.18. The molecule has 2 nitrogen and oxygen atoms in total. The van der Waals surface area contributed by atoms with Crippen LogP contribution in [-0.2, 0) is 6.42 Å². The highest BCUT2D eigenvalue weighted by Gasteiger charge is 2.18. The molecule has 0 saturated carbocycles. The van der Waals surface area contributed by atoms with Gasteiger partial charge in [0.2, 0.25) is 5.82 Å². The van der Waals surface area contributed by atoms with Gasteiger partial charge in [-0.15, -0.1) is 0 Å². The first-order chi connectivity index (χ1) is 7.11. The van der Waals surface area contributed by atoms with Gasteiger partial charge in [-0.25, -0.2) is 8.78 Å². The maximum Gasteiger partial charge on any atom is 0.203 e. The summed E-state index contributed by atoms with van der Waals surface area (Å²) in [6.45, 7) is -0.107. The zero-order chi connectivity index (χ0) is 11.4. The van der Waals surface area contributed by atoms with Gasteiger partial charge in [-0.3, -0.25) is 0 Å². The number of halogens is 3. The number of aliphatic hydroxyl groups excluding tert-OH is 1. The number of aliphatic hydroxyl groups is 1. The predicted molar refractivity (Wildman–Crippen MR) is 48.3 cm³/mol. The molecule has 1 aromatic carbocycles. The van der Waals surface area contributed by atoms with Crippen LogP contribution in [0.5, 0.6) is 5.75 Å². The predicted octanol–water partition coefficient (Wildman–Crippen LogP) is 2.04. The zero-order valence-electron chi connectivity index (χ0n) is 8.19. The Morgan fingerprint density at radius 3 is 2.47 bits per heavy atom. The maximum atomic E-state index is 13.1. The van der Waals surface area contributed by atoms with Gasteiger partial charge in [0.15, 0.2) is 17.4 Å². The molecule has 1 aromatic rings. The van der Waals surface area contributed by atoms with E-state index in [-0.39, 0.29) is 24.3 Å². The third-order valence-corrected chi connectivity index (χ3v) is 2.00. The second kappa shape index (κ2) is 5.02. The van der Waals surface area contributed by atoms with Crippen molar-refractivity contribution in [1.82, 2.24) is 0 Å². The Morgan fingerprint density at radius 2 is 1.93 bits per heavy atom. The van der Waals surface area contributed by atoms with Gasteiger partial charge in [0.05, 0.1) is 7.11 Å². The van der Waals surface area contributed by atoms with Gasteiger partial charge in [0, 0.05) is 12.2 Å². The summed E-state index contributed by atoms with van der Waals surface area (Å²) < 4.78 is 43.4. The van der Waals surface area contributed by atoms with Crippen molar-refractivity contribution < 1.29 is 23.0 Å². The first-order valence-electron chi connectivity index (χ1n) is 4.43. The molecule has 0 radical (unpaired) electrons. The number of ether oxygens (including phenoxy) is 1. The first kappa shape index (κ1) is 11.8. The van der Waals surface area contributed by atoms with Gasteiger partial charge in [0.25, 0.3) is 0 Å². The molecule has 0 aliphatic carbocycles. The number of benzene rings is 1. The Labute approximate surface area is 85.3 Å². The largest absolute Gasteiger partial charge is 0.493 e. The molecule has 1 rings (SSSR count). The minimum absolute atomic E-state index is 0.107. The highest BCUT2D eigenvalue weighted by Crippen LogP contribution is 2.27. The summed E-state index contributed by atoms with van der Waals surface area (Å²) in [6, 6.07) is 0.882. The number of methoxy groups -OCH3 is 1. The molecule has 0 fully saturated rings. The highest BCUT2D eigenvalue weighted by molar-refractivity contribution is 5.36. The van der Waals surface area contributed by atoms with E-state index in [0.29, 0.717) is 6.42 Å². The molecule has 0 aliphatic heterocycles. The monoisotopic (exact) mass is 220 g/mol. The van der Waals surface area contributed by atoms with E-state index < -0.39 is 17.5 Å². The van der Waals surface area contributed by atoms with E-state index in [1.807, 2.05) is 0 Å². The molecule has 0 saturated heterocycles. The van der Waals surface area contributed by atoms with Crippen molar-refractivity contribution in [1.29, 1.82) is 0 Å². The Hall–Kier alpha value is -1.23. The van der Waals surface area contributed by atoms with Crippen molar-refractivity contribution in [3.63, 3.8) is 0 Å². The van der Waals surface area contributed by atoms with Crippen molar-refractivity contribution >= 4 is 0 Å². The van der Waals surface area contributed by atoms with E-state index in [4.69, 9.17) is 5.11 Å². The van der Waals surface area contributed by atoms with Crippen molar-refractivity contribution in [2.45, 2.75) is 12.8 Å². The molecule has 0 aromatic heterocycles. The molecular formula is C10H11F3O2. The lowest BCUT2D eigenvalue weighted by atomic mass is 10.1. The Bertz CT molecular complexity index is 353. The maximum absolute atomic E-state index is 13.1. The Morgan fingerprint density at radius 1 is 1.27 bits per heavy atom. The molecular weight excluding hydrogens is 209 g/mol. The van der Waals surface area contributed by atoms with E-state index in [9.17, 15) is 13.2 Å². The molecule has 0 bridgehead atoms. The molecule has 0 aliphatic rings. The number of rotatable bonds is 4. The second-order valence-corrected chi connectivity index (χ2v) is 3.01. The summed E-state index contributed by atoms with van der Waals surface area (Å²) in [5, 5.41) is 8.58. The van der Waals surface area contributed by atoms with Crippen LogP contribution in [0.25, 0.3) is 0 Å². The molecule has 0 heterocycles. The number of aryl methyl sites for hydroxylation is 1. The number of hydrogen-bond acceptors (Lipinski definition) is 2. The fraction of sp³-hybridized carbons (Fsp3) is 0.400. The molecule has 84 valence electrons. The van der Waals surface area contributed by atoms with Crippen LogP contribution in [0.15, 0.2) is 6.07 Å². The quantitative estimate of drug-likeness (QED) is 0.787. The van der Waals surface area contributed by atoms with Gasteiger partial charge >= 0.3 is 0 Å². The SMILES string of the molecule is COc1c(CCCO)cc(F)c(F)c1F. The molecule has 0 unspecified atom stereocenters. The summed E-state index contributed by atoms with van der Waals surface area (Å²) in [4.78, 5) is 0. The Balaban J connectivity index is 3.13. The zero-order valence-corrected chi connectivity index (χ0v) is 8.19. The van der Waals surface area contributed by atoms with E-state index >= 15 is 0 Å². The van der Waals surface area contributed by atoms with Crippen LogP contribution in [0.1, 0.15) is 12.0 Å². The average Bonchev–Trinajstić information content (AvgIpc) is 2.23. The minimum atomic E-state index is -1.54. The topological polar surface area (TPSA) is 29.5 Å². The normalized spacial score (nSPS) is 10.5. The van der Waals surface area contributed by atoms with Crippen molar-refractivity contribution in [2.75, 3.05) is 13.7 Å². The summed E-state index contributed by atoms with van der Waals surface area (Å²) >= 11 is 0. The van der Waals surface area contributed by atoms with Gasteiger partial charge in [-0.05, 0) is 18.9 Å². The number of hydrogen-bond donors (Lipinski definition) is 1. The van der Waals surface area contributed by atoms with Crippen LogP contribution in [0, 0.1) is 17.5 Å². The molecule has 5 heteroatoms. The van der Waals surface area contributed by atoms with E-state index in [1.165, 1.54) is 7.11 Å². The highest BCUT2D eigenvalue weighted by atomic mass is 19.2. The average molecular weight is 220 g/mol. The van der Waals surface area contributed by atoms with Crippen LogP contribution in [0.3, 0.4) is 0 Å². The van der Waals surface area contributed by atoms with Gasteiger partial charge in [-0.2, -0.15) is 4.39 Å². The third kappa shape index (κ3) is 2.41. The summed E-state index contributed by atoms with van der Waals surface area (Å²) in [5.74, 6) is -4.42. The van der Waals surface area contributed by atoms with Crippen LogP contribution in [-0.4, -0.2) is 18.8 Å². The van der Waals surface area contributed by atoms with Crippen LogP contribution >= 0.6 is 0 Å². The standard InChI is InChI=1S/C10H11F3O2/c1-15-10-6(3-2-4-14)5-7(11)8(12)9(10)13/h5,14H,2-4H2,1H3. The second-order valence-electron chi connectivity index (χ2n) is 3.01. The van der Waals surface area contributed by atoms with Crippen LogP contribution in [0.4, 0.5) is 13.2 Å². The van der Waals surface area contributed by atoms with Crippen LogP contribution < -0.4 is 4.74 Å². The third-order valence-electron chi connectivity index (χ3n) is 2.00. The lowest BCUT2D eigenvalue weighted by Gasteiger charge is -2.09. The smallest absolute Gasteiger partial charge is 0.203 e. The lowest BCUT2D eigenvalue weighted by Crippen LogP contribution is -2.02. The lowest BCUT2D eigenvalue weighted by molar-refractivity contribution is 0.286.